The second-order valence-electron chi connectivity index (χ2n) is 6.75. The van der Waals surface area contributed by atoms with E-state index in [0.29, 0.717) is 12.5 Å². The number of guanidine groups is 1. The standard InChI is InChI=1S/C19H30N4O/c1-14(2)13-16-7-4-5-8-17(16)15(3)18(24)20-9-6-10-21-19-22-11-12-23-19/h4-5,7-8,14-15H,6,9-13H2,1-3H3,(H,20,24)(H2,21,22,23)/t15-/m1/s1. The molecule has 3 N–H and O–H groups in total. The van der Waals surface area contributed by atoms with Crippen LogP contribution in [-0.4, -0.2) is 38.0 Å². The van der Waals surface area contributed by atoms with E-state index in [1.54, 1.807) is 0 Å². The fourth-order valence-electron chi connectivity index (χ4n) is 2.90. The van der Waals surface area contributed by atoms with Crippen LogP contribution < -0.4 is 16.0 Å². The lowest BCUT2D eigenvalue weighted by atomic mass is 9.90. The molecule has 0 aromatic heterocycles. The minimum Gasteiger partial charge on any atom is -0.356 e. The smallest absolute Gasteiger partial charge is 0.227 e. The highest BCUT2D eigenvalue weighted by molar-refractivity contribution is 5.83. The summed E-state index contributed by atoms with van der Waals surface area (Å²) in [5.74, 6) is 1.44. The highest BCUT2D eigenvalue weighted by Gasteiger charge is 2.18. The summed E-state index contributed by atoms with van der Waals surface area (Å²) in [7, 11) is 0. The number of hydrogen-bond acceptors (Lipinski definition) is 4. The number of nitrogens with zero attached hydrogens (tertiary/aromatic N) is 1. The number of nitrogens with one attached hydrogen (secondary N) is 3. The van der Waals surface area contributed by atoms with Gasteiger partial charge in [0, 0.05) is 19.6 Å². The van der Waals surface area contributed by atoms with Crippen LogP contribution in [0.25, 0.3) is 0 Å². The average molecular weight is 330 g/mol. The van der Waals surface area contributed by atoms with Crippen molar-refractivity contribution >= 4 is 11.9 Å². The van der Waals surface area contributed by atoms with Crippen LogP contribution in [0.15, 0.2) is 29.3 Å². The molecule has 0 aliphatic carbocycles. The van der Waals surface area contributed by atoms with Crippen LogP contribution in [0.1, 0.15) is 44.2 Å². The van der Waals surface area contributed by atoms with Gasteiger partial charge in [0.25, 0.3) is 0 Å². The second-order valence-corrected chi connectivity index (χ2v) is 6.75. The molecule has 1 heterocycles. The van der Waals surface area contributed by atoms with Gasteiger partial charge in [-0.1, -0.05) is 38.1 Å². The number of hydrogen-bond donors (Lipinski definition) is 3. The van der Waals surface area contributed by atoms with Crippen LogP contribution in [0.3, 0.4) is 0 Å². The van der Waals surface area contributed by atoms with E-state index in [0.717, 1.165) is 44.0 Å². The first-order valence-electron chi connectivity index (χ1n) is 8.95. The van der Waals surface area contributed by atoms with Gasteiger partial charge in [-0.25, -0.2) is 0 Å². The predicted octanol–water partition coefficient (Wildman–Crippen LogP) is 2.04. The van der Waals surface area contributed by atoms with Gasteiger partial charge < -0.3 is 16.0 Å². The largest absolute Gasteiger partial charge is 0.356 e. The summed E-state index contributed by atoms with van der Waals surface area (Å²) in [6.07, 6.45) is 1.89. The molecule has 0 spiro atoms. The van der Waals surface area contributed by atoms with Gasteiger partial charge >= 0.3 is 0 Å². The number of carbonyl (C=O) groups is 1. The molecule has 5 nitrogen and oxygen atoms in total. The fraction of sp³-hybridized carbons (Fsp3) is 0.579. The molecule has 24 heavy (non-hydrogen) atoms. The van der Waals surface area contributed by atoms with Crippen molar-refractivity contribution < 1.29 is 4.79 Å². The molecule has 1 aliphatic rings. The van der Waals surface area contributed by atoms with Crippen LogP contribution in [0, 0.1) is 5.92 Å². The Hall–Kier alpha value is -2.04. The Morgan fingerprint density at radius 3 is 2.75 bits per heavy atom. The highest BCUT2D eigenvalue weighted by Crippen LogP contribution is 2.22. The summed E-state index contributed by atoms with van der Waals surface area (Å²) < 4.78 is 0. The first-order valence-corrected chi connectivity index (χ1v) is 8.95. The van der Waals surface area contributed by atoms with Gasteiger partial charge in [-0.15, -0.1) is 0 Å². The lowest BCUT2D eigenvalue weighted by Gasteiger charge is -2.17. The van der Waals surface area contributed by atoms with Gasteiger partial charge in [0.1, 0.15) is 0 Å². The highest BCUT2D eigenvalue weighted by atomic mass is 16.1. The lowest BCUT2D eigenvalue weighted by molar-refractivity contribution is -0.122. The van der Waals surface area contributed by atoms with Gasteiger partial charge in [-0.05, 0) is 36.8 Å². The maximum Gasteiger partial charge on any atom is 0.227 e. The maximum absolute atomic E-state index is 12.4. The second kappa shape index (κ2) is 9.30. The summed E-state index contributed by atoms with van der Waals surface area (Å²) in [6, 6.07) is 8.28. The molecule has 1 aromatic carbocycles. The molecule has 1 atom stereocenters. The van der Waals surface area contributed by atoms with Crippen LogP contribution in [0.5, 0.6) is 0 Å². The summed E-state index contributed by atoms with van der Waals surface area (Å²) in [5.41, 5.74) is 2.42. The monoisotopic (exact) mass is 330 g/mol. The molecular weight excluding hydrogens is 300 g/mol. The lowest BCUT2D eigenvalue weighted by Crippen LogP contribution is -2.36. The Labute approximate surface area is 145 Å². The zero-order valence-corrected chi connectivity index (χ0v) is 15.1. The van der Waals surface area contributed by atoms with E-state index in [-0.39, 0.29) is 11.8 Å². The molecule has 5 heteroatoms. The molecule has 1 amide bonds. The molecule has 0 fully saturated rings. The SMILES string of the molecule is CC(C)Cc1ccccc1[C@@H](C)C(=O)NCCCNC1=NCCN1. The van der Waals surface area contributed by atoms with E-state index in [1.165, 1.54) is 5.56 Å². The molecule has 0 saturated carbocycles. The third-order valence-electron chi connectivity index (χ3n) is 4.16. The maximum atomic E-state index is 12.4. The van der Waals surface area contributed by atoms with E-state index >= 15 is 0 Å². The van der Waals surface area contributed by atoms with Crippen molar-refractivity contribution in [3.8, 4) is 0 Å². The molecule has 0 saturated heterocycles. The Morgan fingerprint density at radius 2 is 2.04 bits per heavy atom. The zero-order valence-electron chi connectivity index (χ0n) is 15.1. The van der Waals surface area contributed by atoms with Gasteiger partial charge in [0.2, 0.25) is 5.91 Å². The van der Waals surface area contributed by atoms with Crippen molar-refractivity contribution in [1.82, 2.24) is 16.0 Å². The minimum atomic E-state index is -0.117. The summed E-state index contributed by atoms with van der Waals surface area (Å²) in [6.45, 7) is 9.64. The van der Waals surface area contributed by atoms with E-state index in [9.17, 15) is 4.79 Å². The molecule has 0 bridgehead atoms. The van der Waals surface area contributed by atoms with E-state index in [1.807, 2.05) is 13.0 Å². The van der Waals surface area contributed by atoms with Crippen molar-refractivity contribution in [2.24, 2.45) is 10.9 Å². The van der Waals surface area contributed by atoms with E-state index in [4.69, 9.17) is 0 Å². The molecular formula is C19H30N4O. The van der Waals surface area contributed by atoms with Crippen LogP contribution in [-0.2, 0) is 11.2 Å². The van der Waals surface area contributed by atoms with Crippen LogP contribution in [0.4, 0.5) is 0 Å². The van der Waals surface area contributed by atoms with Gasteiger partial charge in [0.15, 0.2) is 5.96 Å². The van der Waals surface area contributed by atoms with Gasteiger partial charge in [-0.3, -0.25) is 9.79 Å². The number of carbonyl (C=O) groups excluding carboxylic acids is 1. The minimum absolute atomic E-state index is 0.0996. The number of amides is 1. The first kappa shape index (κ1) is 18.3. The molecule has 132 valence electrons. The topological polar surface area (TPSA) is 65.5 Å². The van der Waals surface area contributed by atoms with Crippen molar-refractivity contribution in [1.29, 1.82) is 0 Å². The van der Waals surface area contributed by atoms with Crippen LogP contribution >= 0.6 is 0 Å². The number of aliphatic imine (C=N–C) groups is 1. The van der Waals surface area contributed by atoms with Gasteiger partial charge in [-0.2, -0.15) is 0 Å². The number of benzene rings is 1. The van der Waals surface area contributed by atoms with Crippen molar-refractivity contribution in [2.75, 3.05) is 26.2 Å². The van der Waals surface area contributed by atoms with Crippen LogP contribution in [0.2, 0.25) is 0 Å². The van der Waals surface area contributed by atoms with Crippen molar-refractivity contribution in [3.05, 3.63) is 35.4 Å². The first-order chi connectivity index (χ1) is 11.6. The quantitative estimate of drug-likeness (QED) is 0.639. The molecule has 0 unspecified atom stereocenters. The zero-order chi connectivity index (χ0) is 17.4. The predicted molar refractivity (Wildman–Crippen MR) is 99.3 cm³/mol. The Balaban J connectivity index is 1.77. The average Bonchev–Trinajstić information content (AvgIpc) is 3.07. The number of rotatable bonds is 8. The normalized spacial score (nSPS) is 14.9. The summed E-state index contributed by atoms with van der Waals surface area (Å²) in [4.78, 5) is 16.7. The molecule has 2 rings (SSSR count). The fourth-order valence-corrected chi connectivity index (χ4v) is 2.90. The van der Waals surface area contributed by atoms with Crippen molar-refractivity contribution in [2.45, 2.75) is 39.5 Å². The Morgan fingerprint density at radius 1 is 1.25 bits per heavy atom. The van der Waals surface area contributed by atoms with E-state index in [2.05, 4.69) is 53.0 Å². The Kier molecular flexibility index (Phi) is 7.09. The summed E-state index contributed by atoms with van der Waals surface area (Å²) >= 11 is 0. The molecule has 1 aliphatic heterocycles. The third kappa shape index (κ3) is 5.55. The summed E-state index contributed by atoms with van der Waals surface area (Å²) in [5, 5.41) is 9.45. The third-order valence-corrected chi connectivity index (χ3v) is 4.16. The Bertz CT molecular complexity index is 568. The van der Waals surface area contributed by atoms with Crippen molar-refractivity contribution in [3.63, 3.8) is 0 Å². The molecule has 1 aromatic rings. The van der Waals surface area contributed by atoms with Gasteiger partial charge in [0.05, 0.1) is 12.5 Å². The molecule has 0 radical (unpaired) electrons. The van der Waals surface area contributed by atoms with E-state index < -0.39 is 0 Å².